The number of hydrogen-bond acceptors (Lipinski definition) is 5. The molecule has 8 heteroatoms. The molecule has 0 aliphatic heterocycles. The lowest BCUT2D eigenvalue weighted by Gasteiger charge is -2.09. The third-order valence-corrected chi connectivity index (χ3v) is 6.28. The molecule has 33 heavy (non-hydrogen) atoms. The monoisotopic (exact) mass is 459 g/mol. The van der Waals surface area contributed by atoms with E-state index in [1.807, 2.05) is 18.5 Å². The fourth-order valence-corrected chi connectivity index (χ4v) is 4.64. The molecule has 0 amide bonds. The summed E-state index contributed by atoms with van der Waals surface area (Å²) in [6.45, 7) is 8.87. The molecule has 2 aromatic carbocycles. The van der Waals surface area contributed by atoms with Crippen LogP contribution >= 0.6 is 11.3 Å². The van der Waals surface area contributed by atoms with Crippen molar-refractivity contribution in [3.05, 3.63) is 97.4 Å². The molecule has 2 aromatic heterocycles. The van der Waals surface area contributed by atoms with Crippen LogP contribution in [0.3, 0.4) is 0 Å². The van der Waals surface area contributed by atoms with Gasteiger partial charge in [0, 0.05) is 52.3 Å². The summed E-state index contributed by atoms with van der Waals surface area (Å²) in [5, 5.41) is 17.8. The van der Waals surface area contributed by atoms with E-state index >= 15 is 0 Å². The van der Waals surface area contributed by atoms with Gasteiger partial charge in [0.25, 0.3) is 5.69 Å². The van der Waals surface area contributed by atoms with Crippen molar-refractivity contribution in [2.45, 2.75) is 27.7 Å². The number of hydrogen-bond donors (Lipinski definition) is 0. The van der Waals surface area contributed by atoms with Gasteiger partial charge in [-0.2, -0.15) is 5.10 Å². The van der Waals surface area contributed by atoms with Crippen molar-refractivity contribution in [2.24, 2.45) is 10.1 Å². The van der Waals surface area contributed by atoms with Gasteiger partial charge in [-0.25, -0.2) is 4.68 Å². The molecule has 168 valence electrons. The zero-order chi connectivity index (χ0) is 23.5. The average molecular weight is 460 g/mol. The SMILES string of the molecule is CCN=c1scc(-c2ccc([N+](=O)[O-])cc2)n1N=Cc1cc(C)n(-c2ccc(C)cc2)c1C. The van der Waals surface area contributed by atoms with Crippen LogP contribution in [0.2, 0.25) is 0 Å². The summed E-state index contributed by atoms with van der Waals surface area (Å²) >= 11 is 1.50. The zero-order valence-corrected chi connectivity index (χ0v) is 19.8. The van der Waals surface area contributed by atoms with Gasteiger partial charge in [0.05, 0.1) is 16.8 Å². The van der Waals surface area contributed by atoms with Gasteiger partial charge in [-0.15, -0.1) is 11.3 Å². The number of benzene rings is 2. The Labute approximate surface area is 196 Å². The van der Waals surface area contributed by atoms with E-state index in [9.17, 15) is 10.1 Å². The quantitative estimate of drug-likeness (QED) is 0.212. The minimum atomic E-state index is -0.398. The van der Waals surface area contributed by atoms with Crippen molar-refractivity contribution in [2.75, 3.05) is 6.54 Å². The molecule has 0 aliphatic carbocycles. The Morgan fingerprint density at radius 1 is 1.06 bits per heavy atom. The van der Waals surface area contributed by atoms with Gasteiger partial charge in [-0.1, -0.05) is 17.7 Å². The van der Waals surface area contributed by atoms with Gasteiger partial charge in [0.15, 0.2) is 0 Å². The van der Waals surface area contributed by atoms with Crippen molar-refractivity contribution in [3.8, 4) is 16.9 Å². The first-order valence-electron chi connectivity index (χ1n) is 10.6. The molecule has 0 atom stereocenters. The minimum Gasteiger partial charge on any atom is -0.318 e. The second kappa shape index (κ2) is 9.38. The molecule has 4 aromatic rings. The number of aromatic nitrogens is 2. The fraction of sp³-hybridized carbons (Fsp3) is 0.200. The Morgan fingerprint density at radius 2 is 1.76 bits per heavy atom. The van der Waals surface area contributed by atoms with Crippen LogP contribution in [-0.2, 0) is 0 Å². The van der Waals surface area contributed by atoms with Crippen molar-refractivity contribution in [1.29, 1.82) is 0 Å². The van der Waals surface area contributed by atoms with Crippen LogP contribution in [0, 0.1) is 30.9 Å². The highest BCUT2D eigenvalue weighted by atomic mass is 32.1. The lowest BCUT2D eigenvalue weighted by Crippen LogP contribution is -2.12. The summed E-state index contributed by atoms with van der Waals surface area (Å²) in [5.74, 6) is 0. The first-order chi connectivity index (χ1) is 15.9. The van der Waals surface area contributed by atoms with Crippen LogP contribution in [-0.4, -0.2) is 26.9 Å². The second-order valence-electron chi connectivity index (χ2n) is 7.74. The van der Waals surface area contributed by atoms with E-state index in [1.54, 1.807) is 16.8 Å². The number of non-ortho nitro benzene ring substituents is 1. The van der Waals surface area contributed by atoms with Crippen LogP contribution in [0.15, 0.2) is 70.1 Å². The largest absolute Gasteiger partial charge is 0.318 e. The van der Waals surface area contributed by atoms with Crippen molar-refractivity contribution >= 4 is 23.2 Å². The predicted octanol–water partition coefficient (Wildman–Crippen LogP) is 5.64. The van der Waals surface area contributed by atoms with Crippen LogP contribution in [0.1, 0.15) is 29.4 Å². The van der Waals surface area contributed by atoms with Crippen molar-refractivity contribution < 1.29 is 4.92 Å². The third-order valence-electron chi connectivity index (χ3n) is 5.43. The number of nitrogens with zero attached hydrogens (tertiary/aromatic N) is 5. The van der Waals surface area contributed by atoms with E-state index in [0.717, 1.165) is 38.7 Å². The molecule has 0 spiro atoms. The first-order valence-corrected chi connectivity index (χ1v) is 11.5. The highest BCUT2D eigenvalue weighted by Gasteiger charge is 2.12. The molecule has 0 saturated heterocycles. The second-order valence-corrected chi connectivity index (χ2v) is 8.57. The number of aryl methyl sites for hydroxylation is 2. The molecule has 2 heterocycles. The summed E-state index contributed by atoms with van der Waals surface area (Å²) in [5.41, 5.74) is 7.33. The molecule has 0 bridgehead atoms. The van der Waals surface area contributed by atoms with E-state index < -0.39 is 4.92 Å². The molecule has 0 fully saturated rings. The number of nitro groups is 1. The summed E-state index contributed by atoms with van der Waals surface area (Å²) < 4.78 is 4.01. The van der Waals surface area contributed by atoms with Crippen molar-refractivity contribution in [1.82, 2.24) is 9.24 Å². The molecular formula is C25H25N5O2S. The maximum atomic E-state index is 11.0. The Morgan fingerprint density at radius 3 is 2.39 bits per heavy atom. The third kappa shape index (κ3) is 4.56. The highest BCUT2D eigenvalue weighted by molar-refractivity contribution is 7.07. The van der Waals surface area contributed by atoms with Gasteiger partial charge in [-0.3, -0.25) is 15.1 Å². The van der Waals surface area contributed by atoms with Gasteiger partial charge in [-0.05, 0) is 58.0 Å². The van der Waals surface area contributed by atoms with Crippen LogP contribution in [0.25, 0.3) is 16.9 Å². The van der Waals surface area contributed by atoms with E-state index in [0.29, 0.717) is 6.54 Å². The molecule has 0 N–H and O–H groups in total. The highest BCUT2D eigenvalue weighted by Crippen LogP contribution is 2.24. The Balaban J connectivity index is 1.75. The number of thiazole rings is 1. The normalized spacial score (nSPS) is 12.1. The van der Waals surface area contributed by atoms with Crippen LogP contribution in [0.5, 0.6) is 0 Å². The summed E-state index contributed by atoms with van der Waals surface area (Å²) in [4.78, 5) is 15.9. The smallest absolute Gasteiger partial charge is 0.269 e. The lowest BCUT2D eigenvalue weighted by atomic mass is 10.1. The maximum Gasteiger partial charge on any atom is 0.269 e. The van der Waals surface area contributed by atoms with Gasteiger partial charge in [0.2, 0.25) is 4.80 Å². The predicted molar refractivity (Wildman–Crippen MR) is 133 cm³/mol. The van der Waals surface area contributed by atoms with E-state index in [1.165, 1.54) is 29.0 Å². The standard InChI is InChI=1S/C25H25N5O2S/c1-5-26-25-29(24(16-33-25)20-8-12-23(13-9-20)30(31)32)27-15-21-14-18(3)28(19(21)4)22-10-6-17(2)7-11-22/h6-16H,5H2,1-4H3. The number of rotatable bonds is 6. The first kappa shape index (κ1) is 22.4. The molecular weight excluding hydrogens is 434 g/mol. The summed E-state index contributed by atoms with van der Waals surface area (Å²) in [6.07, 6.45) is 1.85. The Hall–Kier alpha value is -3.78. The zero-order valence-electron chi connectivity index (χ0n) is 19.0. The Bertz CT molecular complexity index is 1390. The molecule has 0 radical (unpaired) electrons. The molecule has 0 aliphatic rings. The van der Waals surface area contributed by atoms with Gasteiger partial charge in [0.1, 0.15) is 0 Å². The van der Waals surface area contributed by atoms with E-state index in [4.69, 9.17) is 5.10 Å². The lowest BCUT2D eigenvalue weighted by molar-refractivity contribution is -0.384. The summed E-state index contributed by atoms with van der Waals surface area (Å²) in [6, 6.07) is 17.1. The summed E-state index contributed by atoms with van der Waals surface area (Å²) in [7, 11) is 0. The number of nitro benzene ring substituents is 1. The van der Waals surface area contributed by atoms with E-state index in [-0.39, 0.29) is 5.69 Å². The molecule has 7 nitrogen and oxygen atoms in total. The molecule has 0 unspecified atom stereocenters. The molecule has 4 rings (SSSR count). The topological polar surface area (TPSA) is 77.7 Å². The Kier molecular flexibility index (Phi) is 6.37. The maximum absolute atomic E-state index is 11.0. The van der Waals surface area contributed by atoms with Crippen molar-refractivity contribution in [3.63, 3.8) is 0 Å². The van der Waals surface area contributed by atoms with Crippen LogP contribution in [0.4, 0.5) is 5.69 Å². The fourth-order valence-electron chi connectivity index (χ4n) is 3.74. The van der Waals surface area contributed by atoms with Gasteiger partial charge >= 0.3 is 0 Å². The van der Waals surface area contributed by atoms with E-state index in [2.05, 4.69) is 60.7 Å². The molecule has 0 saturated carbocycles. The average Bonchev–Trinajstić information content (AvgIpc) is 3.33. The minimum absolute atomic E-state index is 0.0612. The van der Waals surface area contributed by atoms with Crippen LogP contribution < -0.4 is 4.80 Å². The van der Waals surface area contributed by atoms with Gasteiger partial charge < -0.3 is 4.57 Å².